The molecule has 0 spiro atoms. The number of rotatable bonds is 3. The molecule has 1 aliphatic heterocycles. The molecule has 2 N–H and O–H groups in total. The first-order chi connectivity index (χ1) is 8.18. The Balaban J connectivity index is 2.25. The van der Waals surface area contributed by atoms with E-state index in [-0.39, 0.29) is 6.04 Å². The van der Waals surface area contributed by atoms with Crippen LogP contribution in [-0.4, -0.2) is 23.0 Å². The zero-order valence-corrected chi connectivity index (χ0v) is 11.2. The topological polar surface area (TPSA) is 29.3 Å². The number of thiocarbonyl (C=S) groups is 1. The third-order valence-corrected chi connectivity index (χ3v) is 3.61. The zero-order valence-electron chi connectivity index (χ0n) is 10.4. The fourth-order valence-electron chi connectivity index (χ4n) is 2.57. The Bertz CT molecular complexity index is 397. The molecular formula is C14H20N2S. The van der Waals surface area contributed by atoms with E-state index in [0.717, 1.165) is 13.1 Å². The van der Waals surface area contributed by atoms with Gasteiger partial charge in [-0.25, -0.2) is 0 Å². The first kappa shape index (κ1) is 12.5. The molecule has 0 aliphatic carbocycles. The third kappa shape index (κ3) is 3.05. The largest absolute Gasteiger partial charge is 0.392 e. The summed E-state index contributed by atoms with van der Waals surface area (Å²) in [6.07, 6.45) is 3.84. The number of hydrogen-bond acceptors (Lipinski definition) is 2. The van der Waals surface area contributed by atoms with Gasteiger partial charge in [-0.15, -0.1) is 0 Å². The maximum absolute atomic E-state index is 5.94. The average molecular weight is 248 g/mol. The van der Waals surface area contributed by atoms with E-state index < -0.39 is 0 Å². The van der Waals surface area contributed by atoms with Crippen molar-refractivity contribution in [3.8, 4) is 0 Å². The molecule has 1 heterocycles. The summed E-state index contributed by atoms with van der Waals surface area (Å²) in [5.41, 5.74) is 8.44. The quantitative estimate of drug-likeness (QED) is 0.834. The van der Waals surface area contributed by atoms with Gasteiger partial charge in [0.05, 0.1) is 11.0 Å². The summed E-state index contributed by atoms with van der Waals surface area (Å²) in [5.74, 6) is 0. The molecule has 17 heavy (non-hydrogen) atoms. The highest BCUT2D eigenvalue weighted by atomic mass is 32.1. The minimum absolute atomic E-state index is 0.116. The number of piperidine rings is 1. The highest BCUT2D eigenvalue weighted by molar-refractivity contribution is 7.80. The molecular weight excluding hydrogens is 228 g/mol. The highest BCUT2D eigenvalue weighted by Crippen LogP contribution is 2.25. The molecule has 0 radical (unpaired) electrons. The van der Waals surface area contributed by atoms with Gasteiger partial charge in [0.1, 0.15) is 0 Å². The van der Waals surface area contributed by atoms with Crippen molar-refractivity contribution in [2.75, 3.05) is 13.1 Å². The van der Waals surface area contributed by atoms with Crippen LogP contribution in [0, 0.1) is 6.92 Å². The van der Waals surface area contributed by atoms with E-state index in [4.69, 9.17) is 18.0 Å². The predicted octanol–water partition coefficient (Wildman–Crippen LogP) is 2.81. The lowest BCUT2D eigenvalue weighted by atomic mass is 10.00. The number of aryl methyl sites for hydroxylation is 1. The number of hydrogen-bond donors (Lipinski definition) is 1. The highest BCUT2D eigenvalue weighted by Gasteiger charge is 2.24. The second-order valence-electron chi connectivity index (χ2n) is 4.82. The second kappa shape index (κ2) is 5.61. The summed E-state index contributed by atoms with van der Waals surface area (Å²) in [5, 5.41) is 0. The van der Waals surface area contributed by atoms with E-state index in [9.17, 15) is 0 Å². The molecule has 1 fully saturated rings. The van der Waals surface area contributed by atoms with Crippen molar-refractivity contribution in [2.24, 2.45) is 5.73 Å². The lowest BCUT2D eigenvalue weighted by Crippen LogP contribution is -2.40. The first-order valence-electron chi connectivity index (χ1n) is 6.28. The van der Waals surface area contributed by atoms with E-state index >= 15 is 0 Å². The van der Waals surface area contributed by atoms with Crippen molar-refractivity contribution in [3.05, 3.63) is 35.4 Å². The van der Waals surface area contributed by atoms with Crippen LogP contribution in [0.3, 0.4) is 0 Å². The summed E-state index contributed by atoms with van der Waals surface area (Å²) in [4.78, 5) is 3.01. The van der Waals surface area contributed by atoms with Crippen LogP contribution >= 0.6 is 12.2 Å². The van der Waals surface area contributed by atoms with E-state index in [2.05, 4.69) is 36.1 Å². The van der Waals surface area contributed by atoms with Crippen LogP contribution in [0.4, 0.5) is 0 Å². The smallest absolute Gasteiger partial charge is 0.0948 e. The van der Waals surface area contributed by atoms with Crippen molar-refractivity contribution >= 4 is 17.2 Å². The van der Waals surface area contributed by atoms with Gasteiger partial charge in [0.25, 0.3) is 0 Å². The van der Waals surface area contributed by atoms with Crippen LogP contribution in [0.2, 0.25) is 0 Å². The first-order valence-corrected chi connectivity index (χ1v) is 6.69. The number of likely N-dealkylation sites (tertiary alicyclic amines) is 1. The van der Waals surface area contributed by atoms with Gasteiger partial charge >= 0.3 is 0 Å². The summed E-state index contributed by atoms with van der Waals surface area (Å²) in [6, 6.07) is 8.63. The molecule has 1 aromatic carbocycles. The molecule has 1 aliphatic rings. The van der Waals surface area contributed by atoms with Gasteiger partial charge < -0.3 is 5.73 Å². The molecule has 1 unspecified atom stereocenters. The van der Waals surface area contributed by atoms with Gasteiger partial charge in [0.15, 0.2) is 0 Å². The molecule has 2 nitrogen and oxygen atoms in total. The third-order valence-electron chi connectivity index (χ3n) is 3.38. The van der Waals surface area contributed by atoms with E-state index in [0.29, 0.717) is 4.99 Å². The maximum Gasteiger partial charge on any atom is 0.0948 e. The molecule has 0 bridgehead atoms. The Morgan fingerprint density at radius 2 is 2.00 bits per heavy atom. The summed E-state index contributed by atoms with van der Waals surface area (Å²) < 4.78 is 0. The van der Waals surface area contributed by atoms with Gasteiger partial charge in [0, 0.05) is 0 Å². The van der Waals surface area contributed by atoms with Crippen molar-refractivity contribution in [1.29, 1.82) is 0 Å². The van der Waals surface area contributed by atoms with E-state index in [1.54, 1.807) is 0 Å². The fraction of sp³-hybridized carbons (Fsp3) is 0.500. The number of nitrogens with zero attached hydrogens (tertiary/aromatic N) is 1. The van der Waals surface area contributed by atoms with Crippen LogP contribution in [0.5, 0.6) is 0 Å². The minimum atomic E-state index is 0.116. The molecule has 3 heteroatoms. The van der Waals surface area contributed by atoms with Crippen LogP contribution in [0.15, 0.2) is 24.3 Å². The Morgan fingerprint density at radius 3 is 2.59 bits per heavy atom. The molecule has 92 valence electrons. The Hall–Kier alpha value is -0.930. The average Bonchev–Trinajstić information content (AvgIpc) is 2.30. The van der Waals surface area contributed by atoms with Crippen molar-refractivity contribution in [2.45, 2.75) is 32.2 Å². The van der Waals surface area contributed by atoms with Gasteiger partial charge in [0.2, 0.25) is 0 Å². The fourth-order valence-corrected chi connectivity index (χ4v) is 2.86. The molecule has 2 rings (SSSR count). The van der Waals surface area contributed by atoms with Gasteiger partial charge in [-0.05, 0) is 38.4 Å². The summed E-state index contributed by atoms with van der Waals surface area (Å²) >= 11 is 5.26. The molecule has 0 amide bonds. The van der Waals surface area contributed by atoms with Gasteiger partial charge in [-0.3, -0.25) is 4.90 Å². The number of benzene rings is 1. The minimum Gasteiger partial charge on any atom is -0.392 e. The Kier molecular flexibility index (Phi) is 4.13. The molecule has 0 aromatic heterocycles. The molecule has 0 saturated carbocycles. The van der Waals surface area contributed by atoms with E-state index in [1.165, 1.54) is 30.4 Å². The SMILES string of the molecule is Cc1cccc(C(C(N)=S)N2CCCCC2)c1. The molecule has 1 saturated heterocycles. The Morgan fingerprint density at radius 1 is 1.29 bits per heavy atom. The van der Waals surface area contributed by atoms with Crippen molar-refractivity contribution in [1.82, 2.24) is 4.90 Å². The zero-order chi connectivity index (χ0) is 12.3. The van der Waals surface area contributed by atoms with Crippen LogP contribution in [0.1, 0.15) is 36.4 Å². The molecule has 1 atom stereocenters. The van der Waals surface area contributed by atoms with E-state index in [1.807, 2.05) is 0 Å². The van der Waals surface area contributed by atoms with Gasteiger partial charge in [-0.1, -0.05) is 48.5 Å². The van der Waals surface area contributed by atoms with Crippen molar-refractivity contribution in [3.63, 3.8) is 0 Å². The monoisotopic (exact) mass is 248 g/mol. The lowest BCUT2D eigenvalue weighted by Gasteiger charge is -2.34. The lowest BCUT2D eigenvalue weighted by molar-refractivity contribution is 0.203. The van der Waals surface area contributed by atoms with Gasteiger partial charge in [-0.2, -0.15) is 0 Å². The van der Waals surface area contributed by atoms with Crippen LogP contribution in [0.25, 0.3) is 0 Å². The van der Waals surface area contributed by atoms with Crippen LogP contribution in [-0.2, 0) is 0 Å². The maximum atomic E-state index is 5.94. The standard InChI is InChI=1S/C14H20N2S/c1-11-6-5-7-12(10-11)13(14(15)17)16-8-3-2-4-9-16/h5-7,10,13H,2-4,8-9H2,1H3,(H2,15,17). The second-order valence-corrected chi connectivity index (χ2v) is 5.29. The normalized spacial score (nSPS) is 18.9. The van der Waals surface area contributed by atoms with Crippen LogP contribution < -0.4 is 5.73 Å². The molecule has 1 aromatic rings. The Labute approximate surface area is 109 Å². The van der Waals surface area contributed by atoms with Crippen molar-refractivity contribution < 1.29 is 0 Å². The summed E-state index contributed by atoms with van der Waals surface area (Å²) in [6.45, 7) is 4.32. The predicted molar refractivity (Wildman–Crippen MR) is 76.1 cm³/mol. The summed E-state index contributed by atoms with van der Waals surface area (Å²) in [7, 11) is 0. The number of nitrogens with two attached hydrogens (primary N) is 1.